The largest absolute Gasteiger partial charge is 0.395 e. The van der Waals surface area contributed by atoms with Gasteiger partial charge < -0.3 is 20.3 Å². The van der Waals surface area contributed by atoms with Gasteiger partial charge in [0.05, 0.1) is 6.61 Å². The van der Waals surface area contributed by atoms with Crippen molar-refractivity contribution in [3.8, 4) is 0 Å². The minimum Gasteiger partial charge on any atom is -0.395 e. The van der Waals surface area contributed by atoms with E-state index in [2.05, 4.69) is 10.3 Å². The van der Waals surface area contributed by atoms with Crippen LogP contribution in [0.5, 0.6) is 0 Å². The van der Waals surface area contributed by atoms with Gasteiger partial charge in [-0.2, -0.15) is 0 Å². The van der Waals surface area contributed by atoms with E-state index in [1.807, 2.05) is 0 Å². The van der Waals surface area contributed by atoms with E-state index in [1.165, 1.54) is 0 Å². The van der Waals surface area contributed by atoms with E-state index in [1.54, 1.807) is 24.0 Å². The Hall–Kier alpha value is -1.66. The predicted octanol–water partition coefficient (Wildman–Crippen LogP) is -0.130. The standard InChI is InChI=1S/C14H21N3O3/c1-10-4-5-12(13(19)16-10)14(20)17(7-8-18)9-11-3-2-6-15-11/h4-5,11,15,18H,2-3,6-9H2,1H3,(H,16,19). The molecule has 1 aliphatic rings. The minimum atomic E-state index is -0.377. The highest BCUT2D eigenvalue weighted by atomic mass is 16.3. The summed E-state index contributed by atoms with van der Waals surface area (Å²) < 4.78 is 0. The maximum absolute atomic E-state index is 12.4. The van der Waals surface area contributed by atoms with Crippen molar-refractivity contribution in [2.75, 3.05) is 26.2 Å². The van der Waals surface area contributed by atoms with Crippen LogP contribution in [0.2, 0.25) is 0 Å². The smallest absolute Gasteiger partial charge is 0.260 e. The first-order chi connectivity index (χ1) is 9.61. The number of aliphatic hydroxyl groups excluding tert-OH is 1. The predicted molar refractivity (Wildman–Crippen MR) is 75.8 cm³/mol. The quantitative estimate of drug-likeness (QED) is 0.701. The number of aromatic nitrogens is 1. The number of aromatic amines is 1. The van der Waals surface area contributed by atoms with Crippen molar-refractivity contribution >= 4 is 5.91 Å². The van der Waals surface area contributed by atoms with Gasteiger partial charge >= 0.3 is 0 Å². The molecule has 0 saturated carbocycles. The van der Waals surface area contributed by atoms with Gasteiger partial charge in [0.15, 0.2) is 0 Å². The summed E-state index contributed by atoms with van der Waals surface area (Å²) in [5.74, 6) is -0.325. The summed E-state index contributed by atoms with van der Waals surface area (Å²) in [6.45, 7) is 3.37. The van der Waals surface area contributed by atoms with Crippen LogP contribution in [0, 0.1) is 6.92 Å². The monoisotopic (exact) mass is 279 g/mol. The van der Waals surface area contributed by atoms with Gasteiger partial charge in [-0.15, -0.1) is 0 Å². The van der Waals surface area contributed by atoms with Crippen LogP contribution in [-0.2, 0) is 0 Å². The van der Waals surface area contributed by atoms with Gasteiger partial charge in [-0.3, -0.25) is 9.59 Å². The van der Waals surface area contributed by atoms with Crippen LogP contribution in [0.3, 0.4) is 0 Å². The number of amides is 1. The zero-order valence-corrected chi connectivity index (χ0v) is 11.7. The van der Waals surface area contributed by atoms with Gasteiger partial charge in [-0.1, -0.05) is 0 Å². The molecule has 0 bridgehead atoms. The Kier molecular flexibility index (Phi) is 4.92. The van der Waals surface area contributed by atoms with Crippen molar-refractivity contribution in [3.05, 3.63) is 33.7 Å². The molecule has 0 radical (unpaired) electrons. The highest BCUT2D eigenvalue weighted by Crippen LogP contribution is 2.09. The molecular weight excluding hydrogens is 258 g/mol. The zero-order chi connectivity index (χ0) is 14.5. The van der Waals surface area contributed by atoms with Crippen molar-refractivity contribution in [2.24, 2.45) is 0 Å². The fourth-order valence-corrected chi connectivity index (χ4v) is 2.49. The summed E-state index contributed by atoms with van der Waals surface area (Å²) in [7, 11) is 0. The van der Waals surface area contributed by atoms with Crippen LogP contribution in [0.1, 0.15) is 28.9 Å². The van der Waals surface area contributed by atoms with Gasteiger partial charge in [-0.25, -0.2) is 0 Å². The molecule has 20 heavy (non-hydrogen) atoms. The highest BCUT2D eigenvalue weighted by molar-refractivity contribution is 5.93. The van der Waals surface area contributed by atoms with Crippen molar-refractivity contribution in [3.63, 3.8) is 0 Å². The molecule has 0 spiro atoms. The number of aliphatic hydroxyl groups is 1. The molecule has 1 aromatic rings. The van der Waals surface area contributed by atoms with Crippen LogP contribution < -0.4 is 10.9 Å². The Bertz CT molecular complexity index is 521. The third-order valence-electron chi connectivity index (χ3n) is 3.55. The Morgan fingerprint density at radius 2 is 2.30 bits per heavy atom. The van der Waals surface area contributed by atoms with E-state index in [0.29, 0.717) is 6.54 Å². The SMILES string of the molecule is Cc1ccc(C(=O)N(CCO)CC2CCCN2)c(=O)[nH]1. The number of H-pyrrole nitrogens is 1. The molecule has 1 amide bonds. The molecule has 0 aromatic carbocycles. The van der Waals surface area contributed by atoms with Crippen LogP contribution in [-0.4, -0.2) is 53.2 Å². The summed E-state index contributed by atoms with van der Waals surface area (Å²) >= 11 is 0. The number of hydrogen-bond donors (Lipinski definition) is 3. The fraction of sp³-hybridized carbons (Fsp3) is 0.571. The number of carbonyl (C=O) groups excluding carboxylic acids is 1. The van der Waals surface area contributed by atoms with Gasteiger partial charge in [0.2, 0.25) is 0 Å². The number of aryl methyl sites for hydroxylation is 1. The second-order valence-corrected chi connectivity index (χ2v) is 5.15. The Balaban J connectivity index is 2.14. The molecule has 2 heterocycles. The molecule has 1 aliphatic heterocycles. The summed E-state index contributed by atoms with van der Waals surface area (Å²) in [5.41, 5.74) is 0.470. The average Bonchev–Trinajstić information content (AvgIpc) is 2.90. The van der Waals surface area contributed by atoms with E-state index in [4.69, 9.17) is 5.11 Å². The molecule has 0 aliphatic carbocycles. The topological polar surface area (TPSA) is 85.4 Å². The number of hydrogen-bond acceptors (Lipinski definition) is 4. The lowest BCUT2D eigenvalue weighted by molar-refractivity contribution is 0.0704. The van der Waals surface area contributed by atoms with E-state index < -0.39 is 0 Å². The van der Waals surface area contributed by atoms with Crippen molar-refractivity contribution in [1.82, 2.24) is 15.2 Å². The van der Waals surface area contributed by atoms with Gasteiger partial charge in [-0.05, 0) is 38.4 Å². The summed E-state index contributed by atoms with van der Waals surface area (Å²) in [4.78, 5) is 28.4. The van der Waals surface area contributed by atoms with Crippen molar-refractivity contribution in [1.29, 1.82) is 0 Å². The third kappa shape index (κ3) is 3.46. The van der Waals surface area contributed by atoms with Crippen LogP contribution in [0.25, 0.3) is 0 Å². The first-order valence-corrected chi connectivity index (χ1v) is 6.95. The molecular formula is C14H21N3O3. The average molecular weight is 279 g/mol. The maximum Gasteiger partial charge on any atom is 0.260 e. The molecule has 1 aromatic heterocycles. The molecule has 6 nitrogen and oxygen atoms in total. The number of pyridine rings is 1. The highest BCUT2D eigenvalue weighted by Gasteiger charge is 2.23. The first-order valence-electron chi connectivity index (χ1n) is 6.95. The summed E-state index contributed by atoms with van der Waals surface area (Å²) in [6, 6.07) is 3.50. The molecule has 1 unspecified atom stereocenters. The van der Waals surface area contributed by atoms with E-state index >= 15 is 0 Å². The number of nitrogens with one attached hydrogen (secondary N) is 2. The first kappa shape index (κ1) is 14.7. The van der Waals surface area contributed by atoms with E-state index in [0.717, 1.165) is 25.1 Å². The second-order valence-electron chi connectivity index (χ2n) is 5.15. The van der Waals surface area contributed by atoms with Crippen molar-refractivity contribution in [2.45, 2.75) is 25.8 Å². The summed E-state index contributed by atoms with van der Waals surface area (Å²) in [6.07, 6.45) is 2.11. The number of carbonyl (C=O) groups is 1. The molecule has 2 rings (SSSR count). The molecule has 3 N–H and O–H groups in total. The van der Waals surface area contributed by atoms with Gasteiger partial charge in [0, 0.05) is 24.8 Å². The lowest BCUT2D eigenvalue weighted by Gasteiger charge is -2.25. The van der Waals surface area contributed by atoms with E-state index in [-0.39, 0.29) is 36.2 Å². The van der Waals surface area contributed by atoms with Crippen molar-refractivity contribution < 1.29 is 9.90 Å². The van der Waals surface area contributed by atoms with E-state index in [9.17, 15) is 9.59 Å². The molecule has 1 atom stereocenters. The summed E-state index contributed by atoms with van der Waals surface area (Å²) in [5, 5.41) is 12.4. The Labute approximate surface area is 117 Å². The lowest BCUT2D eigenvalue weighted by atomic mass is 10.1. The van der Waals surface area contributed by atoms with Crippen LogP contribution >= 0.6 is 0 Å². The minimum absolute atomic E-state index is 0.109. The molecule has 1 saturated heterocycles. The van der Waals surface area contributed by atoms with Crippen LogP contribution in [0.15, 0.2) is 16.9 Å². The van der Waals surface area contributed by atoms with Gasteiger partial charge in [0.1, 0.15) is 5.56 Å². The Morgan fingerprint density at radius 3 is 2.90 bits per heavy atom. The normalized spacial score (nSPS) is 18.2. The number of rotatable bonds is 5. The third-order valence-corrected chi connectivity index (χ3v) is 3.55. The molecule has 6 heteroatoms. The van der Waals surface area contributed by atoms with Crippen LogP contribution in [0.4, 0.5) is 0 Å². The van der Waals surface area contributed by atoms with Gasteiger partial charge in [0.25, 0.3) is 11.5 Å². The lowest BCUT2D eigenvalue weighted by Crippen LogP contribution is -2.44. The maximum atomic E-state index is 12.4. The molecule has 110 valence electrons. The zero-order valence-electron chi connectivity index (χ0n) is 11.7. The number of nitrogens with zero attached hydrogens (tertiary/aromatic N) is 1. The molecule has 1 fully saturated rings. The second kappa shape index (κ2) is 6.67. The Morgan fingerprint density at radius 1 is 1.50 bits per heavy atom. The fourth-order valence-electron chi connectivity index (χ4n) is 2.49.